The normalized spacial score (nSPS) is 11.8. The maximum atomic E-state index is 4.73. The van der Waals surface area contributed by atoms with E-state index in [0.717, 1.165) is 33.7 Å². The summed E-state index contributed by atoms with van der Waals surface area (Å²) in [6.07, 6.45) is 1.87. The predicted molar refractivity (Wildman–Crippen MR) is 132 cm³/mol. The zero-order valence-corrected chi connectivity index (χ0v) is 20.7. The van der Waals surface area contributed by atoms with Crippen molar-refractivity contribution in [2.24, 2.45) is 4.99 Å². The number of nitrogens with one attached hydrogen (secondary N) is 2. The number of aromatic amines is 1. The van der Waals surface area contributed by atoms with Gasteiger partial charge in [0.2, 0.25) is 0 Å². The van der Waals surface area contributed by atoms with Crippen LogP contribution in [-0.4, -0.2) is 39.9 Å². The van der Waals surface area contributed by atoms with Gasteiger partial charge < -0.3 is 15.2 Å². The first-order valence-electron chi connectivity index (χ1n) is 9.33. The third-order valence-electron chi connectivity index (χ3n) is 4.29. The Labute approximate surface area is 193 Å². The molecule has 2 heterocycles. The van der Waals surface area contributed by atoms with Gasteiger partial charge in [-0.15, -0.1) is 35.3 Å². The van der Waals surface area contributed by atoms with E-state index in [9.17, 15) is 0 Å². The summed E-state index contributed by atoms with van der Waals surface area (Å²) in [6.45, 7) is 7.84. The van der Waals surface area contributed by atoms with Crippen LogP contribution >= 0.6 is 35.3 Å². The standard InChI is InChI=1S/C21H28N6S.HI/c1-21(2,3)19-25-16(14-28-19)11-24-20(22-4)27(5)13-18-23-12-17(26-18)15-9-7-6-8-10-15;/h6-10,12,14H,11,13H2,1-5H3,(H,22,24)(H,23,26);1H. The minimum Gasteiger partial charge on any atom is -0.351 e. The van der Waals surface area contributed by atoms with Gasteiger partial charge in [0.15, 0.2) is 5.96 Å². The van der Waals surface area contributed by atoms with Crippen LogP contribution < -0.4 is 5.32 Å². The van der Waals surface area contributed by atoms with Crippen molar-refractivity contribution in [1.29, 1.82) is 0 Å². The van der Waals surface area contributed by atoms with Gasteiger partial charge >= 0.3 is 0 Å². The minimum absolute atomic E-state index is 0. The van der Waals surface area contributed by atoms with E-state index in [1.54, 1.807) is 18.4 Å². The number of thiazole rings is 1. The first-order valence-corrected chi connectivity index (χ1v) is 10.2. The molecular weight excluding hydrogens is 495 g/mol. The van der Waals surface area contributed by atoms with Gasteiger partial charge in [-0.25, -0.2) is 9.97 Å². The van der Waals surface area contributed by atoms with E-state index in [0.29, 0.717) is 13.1 Å². The van der Waals surface area contributed by atoms with Crippen molar-refractivity contribution in [3.8, 4) is 11.3 Å². The predicted octanol–water partition coefficient (Wildman–Crippen LogP) is 4.66. The number of hydrogen-bond acceptors (Lipinski definition) is 4. The average Bonchev–Trinajstić information content (AvgIpc) is 3.32. The van der Waals surface area contributed by atoms with Crippen LogP contribution in [0, 0.1) is 0 Å². The summed E-state index contributed by atoms with van der Waals surface area (Å²) in [5, 5.41) is 6.65. The summed E-state index contributed by atoms with van der Waals surface area (Å²) in [6, 6.07) is 10.2. The van der Waals surface area contributed by atoms with Crippen molar-refractivity contribution >= 4 is 41.3 Å². The number of imidazole rings is 1. The molecule has 29 heavy (non-hydrogen) atoms. The van der Waals surface area contributed by atoms with Crippen molar-refractivity contribution in [3.05, 3.63) is 58.4 Å². The molecule has 0 radical (unpaired) electrons. The Bertz CT molecular complexity index is 926. The van der Waals surface area contributed by atoms with Crippen LogP contribution in [0.5, 0.6) is 0 Å². The molecule has 0 bridgehead atoms. The number of aromatic nitrogens is 3. The molecule has 8 heteroatoms. The molecule has 156 valence electrons. The molecule has 0 aliphatic heterocycles. The van der Waals surface area contributed by atoms with Crippen molar-refractivity contribution in [2.75, 3.05) is 14.1 Å². The summed E-state index contributed by atoms with van der Waals surface area (Å²) in [4.78, 5) is 19.1. The smallest absolute Gasteiger partial charge is 0.194 e. The summed E-state index contributed by atoms with van der Waals surface area (Å²) in [7, 11) is 3.79. The van der Waals surface area contributed by atoms with Crippen molar-refractivity contribution in [1.82, 2.24) is 25.2 Å². The molecule has 0 aliphatic rings. The van der Waals surface area contributed by atoms with Gasteiger partial charge in [-0.05, 0) is 5.56 Å². The van der Waals surface area contributed by atoms with Gasteiger partial charge in [0.25, 0.3) is 0 Å². The highest BCUT2D eigenvalue weighted by Gasteiger charge is 2.18. The van der Waals surface area contributed by atoms with Crippen molar-refractivity contribution in [2.45, 2.75) is 39.3 Å². The monoisotopic (exact) mass is 524 g/mol. The second-order valence-corrected chi connectivity index (χ2v) is 8.62. The number of rotatable bonds is 5. The van der Waals surface area contributed by atoms with Crippen LogP contribution in [0.1, 0.15) is 37.3 Å². The number of aliphatic imine (C=N–C) groups is 1. The largest absolute Gasteiger partial charge is 0.351 e. The fourth-order valence-corrected chi connectivity index (χ4v) is 3.70. The van der Waals surface area contributed by atoms with Gasteiger partial charge in [0.05, 0.1) is 35.7 Å². The number of halogens is 1. The third-order valence-corrected chi connectivity index (χ3v) is 5.61. The van der Waals surface area contributed by atoms with Gasteiger partial charge in [0, 0.05) is 24.9 Å². The van der Waals surface area contributed by atoms with Gasteiger partial charge in [-0.3, -0.25) is 4.99 Å². The van der Waals surface area contributed by atoms with Crippen molar-refractivity contribution < 1.29 is 0 Å². The van der Waals surface area contributed by atoms with E-state index >= 15 is 0 Å². The molecule has 3 aromatic rings. The Balaban J connectivity index is 0.00000300. The highest BCUT2D eigenvalue weighted by Crippen LogP contribution is 2.25. The maximum Gasteiger partial charge on any atom is 0.194 e. The highest BCUT2D eigenvalue weighted by atomic mass is 127. The Kier molecular flexibility index (Phi) is 8.21. The first kappa shape index (κ1) is 23.3. The summed E-state index contributed by atoms with van der Waals surface area (Å²) in [5.41, 5.74) is 3.26. The zero-order chi connectivity index (χ0) is 20.1. The van der Waals surface area contributed by atoms with E-state index in [1.165, 1.54) is 0 Å². The fourth-order valence-electron chi connectivity index (χ4n) is 2.79. The Morgan fingerprint density at radius 2 is 1.97 bits per heavy atom. The molecule has 0 amide bonds. The van der Waals surface area contributed by atoms with Crippen LogP contribution in [0.4, 0.5) is 0 Å². The highest BCUT2D eigenvalue weighted by molar-refractivity contribution is 14.0. The van der Waals surface area contributed by atoms with E-state index in [4.69, 9.17) is 4.98 Å². The van der Waals surface area contributed by atoms with E-state index in [2.05, 4.69) is 58.6 Å². The average molecular weight is 524 g/mol. The lowest BCUT2D eigenvalue weighted by molar-refractivity contribution is 0.463. The number of nitrogens with zero attached hydrogens (tertiary/aromatic N) is 4. The molecule has 2 aromatic heterocycles. The number of benzene rings is 1. The van der Waals surface area contributed by atoms with Crippen LogP contribution in [0.2, 0.25) is 0 Å². The van der Waals surface area contributed by atoms with Gasteiger partial charge in [-0.1, -0.05) is 51.1 Å². The molecule has 0 fully saturated rings. The zero-order valence-electron chi connectivity index (χ0n) is 17.6. The quantitative estimate of drug-likeness (QED) is 0.290. The molecule has 0 aliphatic carbocycles. The maximum absolute atomic E-state index is 4.73. The molecule has 0 spiro atoms. The molecule has 0 saturated heterocycles. The summed E-state index contributed by atoms with van der Waals surface area (Å²) < 4.78 is 0. The molecular formula is C21H29IN6S. The molecule has 0 saturated carbocycles. The summed E-state index contributed by atoms with van der Waals surface area (Å²) in [5.74, 6) is 1.70. The van der Waals surface area contributed by atoms with Crippen LogP contribution in [0.15, 0.2) is 46.9 Å². The van der Waals surface area contributed by atoms with Gasteiger partial charge in [-0.2, -0.15) is 0 Å². The van der Waals surface area contributed by atoms with Crippen LogP contribution in [0.25, 0.3) is 11.3 Å². The van der Waals surface area contributed by atoms with Crippen molar-refractivity contribution in [3.63, 3.8) is 0 Å². The van der Waals surface area contributed by atoms with Crippen LogP contribution in [-0.2, 0) is 18.5 Å². The summed E-state index contributed by atoms with van der Waals surface area (Å²) >= 11 is 1.71. The Hall–Kier alpha value is -1.94. The Morgan fingerprint density at radius 1 is 1.24 bits per heavy atom. The molecule has 0 atom stereocenters. The number of guanidine groups is 1. The van der Waals surface area contributed by atoms with Crippen LogP contribution in [0.3, 0.4) is 0 Å². The van der Waals surface area contributed by atoms with Gasteiger partial charge in [0.1, 0.15) is 5.82 Å². The lowest BCUT2D eigenvalue weighted by atomic mass is 9.98. The molecule has 1 aromatic carbocycles. The topological polar surface area (TPSA) is 69.2 Å². The second kappa shape index (κ2) is 10.2. The molecule has 6 nitrogen and oxygen atoms in total. The van der Waals surface area contributed by atoms with E-state index < -0.39 is 0 Å². The lowest BCUT2D eigenvalue weighted by Gasteiger charge is -2.20. The third kappa shape index (κ3) is 6.27. The first-order chi connectivity index (χ1) is 13.4. The minimum atomic E-state index is 0. The second-order valence-electron chi connectivity index (χ2n) is 7.76. The lowest BCUT2D eigenvalue weighted by Crippen LogP contribution is -2.38. The number of hydrogen-bond donors (Lipinski definition) is 2. The van der Waals surface area contributed by atoms with E-state index in [-0.39, 0.29) is 29.4 Å². The van der Waals surface area contributed by atoms with E-state index in [1.807, 2.05) is 36.3 Å². The molecule has 3 rings (SSSR count). The number of H-pyrrole nitrogens is 1. The SMILES string of the molecule is CN=C(NCc1csc(C(C)(C)C)n1)N(C)Cc1ncc(-c2ccccc2)[nH]1.I. The fraction of sp³-hybridized carbons (Fsp3) is 0.381. The Morgan fingerprint density at radius 3 is 2.59 bits per heavy atom. The molecule has 0 unspecified atom stereocenters. The molecule has 2 N–H and O–H groups in total.